The maximum Gasteiger partial charge on any atom is 0.523 e. The average molecular weight is 464 g/mol. The number of halogens is 3. The van der Waals surface area contributed by atoms with Crippen molar-refractivity contribution in [2.45, 2.75) is 88.8 Å². The van der Waals surface area contributed by atoms with Gasteiger partial charge >= 0.3 is 15.6 Å². The highest BCUT2D eigenvalue weighted by Gasteiger charge is 2.64. The highest BCUT2D eigenvalue weighted by atomic mass is 32.2. The SMILES string of the molecule is CCCCOC[C@@]1(COS(=O)(=O)C(F)(F)F)O[C@@H]2OC(C)(C)OC2C1OCCCC. The second-order valence-corrected chi connectivity index (χ2v) is 9.47. The fourth-order valence-electron chi connectivity index (χ4n) is 3.26. The van der Waals surface area contributed by atoms with Crippen LogP contribution in [0.5, 0.6) is 0 Å². The Bertz CT molecular complexity index is 654. The molecular formula is C18H31F3O8S. The van der Waals surface area contributed by atoms with Crippen LogP contribution in [-0.4, -0.2) is 70.2 Å². The predicted molar refractivity (Wildman–Crippen MR) is 98.9 cm³/mol. The van der Waals surface area contributed by atoms with Gasteiger partial charge < -0.3 is 23.7 Å². The maximum absolute atomic E-state index is 12.8. The van der Waals surface area contributed by atoms with Crippen molar-refractivity contribution in [3.8, 4) is 0 Å². The third-order valence-corrected chi connectivity index (χ3v) is 5.78. The lowest BCUT2D eigenvalue weighted by atomic mass is 9.96. The molecule has 4 atom stereocenters. The minimum absolute atomic E-state index is 0.239. The van der Waals surface area contributed by atoms with Gasteiger partial charge in [0.25, 0.3) is 0 Å². The minimum Gasteiger partial charge on any atom is -0.378 e. The summed E-state index contributed by atoms with van der Waals surface area (Å²) in [5.41, 5.74) is -7.20. The number of hydrogen-bond acceptors (Lipinski definition) is 8. The summed E-state index contributed by atoms with van der Waals surface area (Å²) < 4.78 is 94.6. The Hall–Kier alpha value is -0.500. The normalized spacial score (nSPS) is 31.2. The van der Waals surface area contributed by atoms with E-state index in [2.05, 4.69) is 4.18 Å². The fourth-order valence-corrected chi connectivity index (χ4v) is 3.75. The van der Waals surface area contributed by atoms with E-state index in [9.17, 15) is 21.6 Å². The first-order chi connectivity index (χ1) is 13.9. The molecule has 0 saturated carbocycles. The summed E-state index contributed by atoms with van der Waals surface area (Å²) in [6.07, 6.45) is 0.389. The molecule has 0 aromatic carbocycles. The van der Waals surface area contributed by atoms with Crippen molar-refractivity contribution in [1.29, 1.82) is 0 Å². The zero-order valence-corrected chi connectivity index (χ0v) is 18.5. The quantitative estimate of drug-likeness (QED) is 0.247. The molecule has 2 heterocycles. The molecule has 178 valence electrons. The fraction of sp³-hybridized carbons (Fsp3) is 1.00. The Kier molecular flexibility index (Phi) is 8.56. The molecule has 2 aliphatic heterocycles. The summed E-state index contributed by atoms with van der Waals surface area (Å²) >= 11 is 0. The first-order valence-electron chi connectivity index (χ1n) is 10.1. The van der Waals surface area contributed by atoms with Gasteiger partial charge in [-0.1, -0.05) is 26.7 Å². The van der Waals surface area contributed by atoms with Crippen molar-refractivity contribution in [1.82, 2.24) is 0 Å². The van der Waals surface area contributed by atoms with Crippen LogP contribution in [0.4, 0.5) is 13.2 Å². The molecule has 0 amide bonds. The van der Waals surface area contributed by atoms with Crippen LogP contribution in [0.25, 0.3) is 0 Å². The Balaban J connectivity index is 2.26. The van der Waals surface area contributed by atoms with Gasteiger partial charge in [-0.15, -0.1) is 0 Å². The molecule has 30 heavy (non-hydrogen) atoms. The summed E-state index contributed by atoms with van der Waals surface area (Å²) in [7, 11) is -5.83. The van der Waals surface area contributed by atoms with Gasteiger partial charge in [0, 0.05) is 13.2 Å². The van der Waals surface area contributed by atoms with E-state index in [1.54, 1.807) is 13.8 Å². The van der Waals surface area contributed by atoms with E-state index in [0.717, 1.165) is 12.8 Å². The molecule has 0 radical (unpaired) electrons. The van der Waals surface area contributed by atoms with Crippen molar-refractivity contribution < 1.29 is 49.5 Å². The van der Waals surface area contributed by atoms with Gasteiger partial charge in [-0.2, -0.15) is 21.6 Å². The van der Waals surface area contributed by atoms with Crippen molar-refractivity contribution in [3.05, 3.63) is 0 Å². The topological polar surface area (TPSA) is 89.5 Å². The molecule has 2 rings (SSSR count). The van der Waals surface area contributed by atoms with Crippen LogP contribution >= 0.6 is 0 Å². The summed E-state index contributed by atoms with van der Waals surface area (Å²) in [6, 6.07) is 0. The van der Waals surface area contributed by atoms with Crippen LogP contribution in [0.1, 0.15) is 53.4 Å². The lowest BCUT2D eigenvalue weighted by molar-refractivity contribution is -0.258. The molecular weight excluding hydrogens is 433 g/mol. The number of fused-ring (bicyclic) bond motifs is 1. The largest absolute Gasteiger partial charge is 0.523 e. The number of unbranched alkanes of at least 4 members (excludes halogenated alkanes) is 2. The van der Waals surface area contributed by atoms with Crippen LogP contribution in [-0.2, 0) is 38.0 Å². The Morgan fingerprint density at radius 1 is 0.967 bits per heavy atom. The van der Waals surface area contributed by atoms with Crippen LogP contribution in [0.3, 0.4) is 0 Å². The Morgan fingerprint density at radius 3 is 2.20 bits per heavy atom. The maximum atomic E-state index is 12.8. The zero-order chi connectivity index (χ0) is 22.6. The lowest BCUT2D eigenvalue weighted by Gasteiger charge is -2.36. The van der Waals surface area contributed by atoms with Gasteiger partial charge in [-0.05, 0) is 26.7 Å². The predicted octanol–water partition coefficient (Wildman–Crippen LogP) is 3.10. The van der Waals surface area contributed by atoms with Gasteiger partial charge in [0.1, 0.15) is 24.4 Å². The van der Waals surface area contributed by atoms with E-state index < -0.39 is 52.1 Å². The van der Waals surface area contributed by atoms with Crippen LogP contribution < -0.4 is 0 Å². The van der Waals surface area contributed by atoms with E-state index in [0.29, 0.717) is 19.4 Å². The van der Waals surface area contributed by atoms with Crippen molar-refractivity contribution in [3.63, 3.8) is 0 Å². The van der Waals surface area contributed by atoms with Crippen LogP contribution in [0.2, 0.25) is 0 Å². The highest BCUT2D eigenvalue weighted by Crippen LogP contribution is 2.44. The molecule has 2 unspecified atom stereocenters. The van der Waals surface area contributed by atoms with Gasteiger partial charge in [-0.25, -0.2) is 0 Å². The smallest absolute Gasteiger partial charge is 0.378 e. The van der Waals surface area contributed by atoms with E-state index in [1.807, 2.05) is 13.8 Å². The molecule has 2 saturated heterocycles. The third-order valence-electron chi connectivity index (χ3n) is 4.78. The second-order valence-electron chi connectivity index (χ2n) is 7.86. The molecule has 0 spiro atoms. The molecule has 2 aliphatic rings. The van der Waals surface area contributed by atoms with Crippen molar-refractivity contribution in [2.24, 2.45) is 0 Å². The molecule has 8 nitrogen and oxygen atoms in total. The minimum atomic E-state index is -5.83. The average Bonchev–Trinajstić information content (AvgIpc) is 3.06. The van der Waals surface area contributed by atoms with E-state index in [1.165, 1.54) is 0 Å². The molecule has 0 N–H and O–H groups in total. The monoisotopic (exact) mass is 464 g/mol. The molecule has 0 aromatic heterocycles. The molecule has 0 aliphatic carbocycles. The van der Waals surface area contributed by atoms with Crippen LogP contribution in [0, 0.1) is 0 Å². The van der Waals surface area contributed by atoms with Gasteiger partial charge in [0.15, 0.2) is 12.1 Å². The summed E-state index contributed by atoms with van der Waals surface area (Å²) in [4.78, 5) is 0. The van der Waals surface area contributed by atoms with Gasteiger partial charge in [-0.3, -0.25) is 4.18 Å². The molecule has 12 heteroatoms. The van der Waals surface area contributed by atoms with E-state index in [4.69, 9.17) is 23.7 Å². The van der Waals surface area contributed by atoms with Crippen molar-refractivity contribution >= 4 is 10.1 Å². The van der Waals surface area contributed by atoms with E-state index in [-0.39, 0.29) is 13.2 Å². The van der Waals surface area contributed by atoms with Crippen LogP contribution in [0.15, 0.2) is 0 Å². The summed E-state index contributed by atoms with van der Waals surface area (Å²) in [5, 5.41) is 0. The second kappa shape index (κ2) is 9.97. The summed E-state index contributed by atoms with van der Waals surface area (Å²) in [6.45, 7) is 6.65. The standard InChI is InChI=1S/C18H31F3O8S/c1-5-7-9-24-11-17(12-26-30(22,23)18(19,20)21)14(25-10-8-6-2)13-15(29-17)28-16(3,4)27-13/h13-15H,5-12H2,1-4H3/t13?,14?,15-,17-/m0/s1. The van der Waals surface area contributed by atoms with Crippen molar-refractivity contribution in [2.75, 3.05) is 26.4 Å². The molecule has 0 aromatic rings. The van der Waals surface area contributed by atoms with Gasteiger partial charge in [0.2, 0.25) is 0 Å². The lowest BCUT2D eigenvalue weighted by Crippen LogP contribution is -2.54. The first-order valence-corrected chi connectivity index (χ1v) is 11.5. The third kappa shape index (κ3) is 6.05. The molecule has 2 fully saturated rings. The number of alkyl halides is 3. The Morgan fingerprint density at radius 2 is 1.60 bits per heavy atom. The van der Waals surface area contributed by atoms with Gasteiger partial charge in [0.05, 0.1) is 6.61 Å². The Labute approximate surface area is 175 Å². The zero-order valence-electron chi connectivity index (χ0n) is 17.7. The molecule has 0 bridgehead atoms. The number of rotatable bonds is 12. The first kappa shape index (κ1) is 25.8. The van der Waals surface area contributed by atoms with E-state index >= 15 is 0 Å². The number of hydrogen-bond donors (Lipinski definition) is 0. The number of ether oxygens (including phenoxy) is 5. The highest BCUT2D eigenvalue weighted by molar-refractivity contribution is 7.87. The summed E-state index contributed by atoms with van der Waals surface area (Å²) in [5.74, 6) is -0.990.